The Labute approximate surface area is 141 Å². The third-order valence-corrected chi connectivity index (χ3v) is 3.94. The highest BCUT2D eigenvalue weighted by Gasteiger charge is 2.16. The topological polar surface area (TPSA) is 76.5 Å². The van der Waals surface area contributed by atoms with Gasteiger partial charge in [0.2, 0.25) is 0 Å². The zero-order valence-corrected chi connectivity index (χ0v) is 13.4. The van der Waals surface area contributed by atoms with E-state index in [1.165, 1.54) is 0 Å². The van der Waals surface area contributed by atoms with E-state index in [0.717, 1.165) is 5.56 Å². The number of amides is 1. The van der Waals surface area contributed by atoms with Crippen molar-refractivity contribution >= 4 is 34.2 Å². The highest BCUT2D eigenvalue weighted by molar-refractivity contribution is 6.30. The van der Waals surface area contributed by atoms with E-state index in [0.29, 0.717) is 33.9 Å². The molecule has 0 aliphatic carbocycles. The van der Waals surface area contributed by atoms with Crippen LogP contribution in [0.2, 0.25) is 5.02 Å². The number of imidazole rings is 1. The van der Waals surface area contributed by atoms with E-state index in [2.05, 4.69) is 19.9 Å². The van der Waals surface area contributed by atoms with Crippen molar-refractivity contribution in [2.24, 2.45) is 0 Å². The summed E-state index contributed by atoms with van der Waals surface area (Å²) < 4.78 is 6.41. The molecule has 0 fully saturated rings. The highest BCUT2D eigenvalue weighted by Crippen LogP contribution is 2.16. The summed E-state index contributed by atoms with van der Waals surface area (Å²) in [4.78, 5) is 18.5. The van der Waals surface area contributed by atoms with Gasteiger partial charge in [-0.15, -0.1) is 0 Å². The molecule has 0 saturated heterocycles. The van der Waals surface area contributed by atoms with Crippen LogP contribution in [0.5, 0.6) is 0 Å². The molecule has 0 saturated carbocycles. The molecular weight excluding hydrogens is 330 g/mol. The number of fused-ring (bicyclic) bond motifs is 2. The van der Waals surface area contributed by atoms with Gasteiger partial charge in [-0.1, -0.05) is 17.7 Å². The maximum atomic E-state index is 12.6. The molecule has 0 N–H and O–H groups in total. The molecule has 0 aliphatic heterocycles. The van der Waals surface area contributed by atoms with Gasteiger partial charge in [0.05, 0.1) is 5.02 Å². The van der Waals surface area contributed by atoms with Crippen molar-refractivity contribution in [3.63, 3.8) is 0 Å². The fourth-order valence-electron chi connectivity index (χ4n) is 2.53. The Bertz CT molecular complexity index is 1050. The molecular formula is C16H12ClN5O2. The predicted octanol–water partition coefficient (Wildman–Crippen LogP) is 2.80. The monoisotopic (exact) mass is 341 g/mol. The molecule has 1 aromatic carbocycles. The molecule has 120 valence electrons. The average Bonchev–Trinajstić information content (AvgIpc) is 3.19. The quantitative estimate of drug-likeness (QED) is 0.572. The Balaban J connectivity index is 1.57. The van der Waals surface area contributed by atoms with E-state index in [4.69, 9.17) is 11.6 Å². The molecule has 0 unspecified atom stereocenters. The van der Waals surface area contributed by atoms with Gasteiger partial charge >= 0.3 is 0 Å². The summed E-state index contributed by atoms with van der Waals surface area (Å²) in [5, 5.41) is 8.16. The van der Waals surface area contributed by atoms with Crippen LogP contribution in [0, 0.1) is 0 Å². The highest BCUT2D eigenvalue weighted by atomic mass is 35.5. The van der Waals surface area contributed by atoms with Gasteiger partial charge in [0.1, 0.15) is 22.4 Å². The summed E-state index contributed by atoms with van der Waals surface area (Å²) in [5.74, 6) is -0.173. The van der Waals surface area contributed by atoms with Gasteiger partial charge in [-0.05, 0) is 40.1 Å². The first-order valence-electron chi connectivity index (χ1n) is 7.21. The standard InChI is InChI=1S/C16H12ClN5O2/c1-21(7-10-2-4-12-13(6-10)20-24-19-12)16(23)14-9-22-8-11(17)3-5-15(22)18-14/h2-6,8-9H,7H2,1H3. The Kier molecular flexibility index (Phi) is 3.42. The van der Waals surface area contributed by atoms with Crippen LogP contribution >= 0.6 is 11.6 Å². The van der Waals surface area contributed by atoms with E-state index >= 15 is 0 Å². The van der Waals surface area contributed by atoms with E-state index < -0.39 is 0 Å². The van der Waals surface area contributed by atoms with E-state index in [-0.39, 0.29) is 5.91 Å². The van der Waals surface area contributed by atoms with Crippen LogP contribution in [-0.4, -0.2) is 37.6 Å². The SMILES string of the molecule is CN(Cc1ccc2nonc2c1)C(=O)c1cn2cc(Cl)ccc2n1. The minimum Gasteiger partial charge on any atom is -0.336 e. The van der Waals surface area contributed by atoms with Crippen molar-refractivity contribution in [2.45, 2.75) is 6.54 Å². The predicted molar refractivity (Wildman–Crippen MR) is 87.8 cm³/mol. The summed E-state index contributed by atoms with van der Waals surface area (Å²) >= 11 is 5.95. The number of benzene rings is 1. The third kappa shape index (κ3) is 2.59. The lowest BCUT2D eigenvalue weighted by Gasteiger charge is -2.15. The fourth-order valence-corrected chi connectivity index (χ4v) is 2.70. The van der Waals surface area contributed by atoms with Crippen LogP contribution in [0.25, 0.3) is 16.7 Å². The molecule has 0 atom stereocenters. The largest absolute Gasteiger partial charge is 0.336 e. The van der Waals surface area contributed by atoms with Gasteiger partial charge < -0.3 is 9.30 Å². The molecule has 0 bridgehead atoms. The second-order valence-electron chi connectivity index (χ2n) is 5.49. The average molecular weight is 342 g/mol. The molecule has 4 rings (SSSR count). The first kappa shape index (κ1) is 14.6. The van der Waals surface area contributed by atoms with Gasteiger partial charge in [-0.25, -0.2) is 9.61 Å². The number of pyridine rings is 1. The van der Waals surface area contributed by atoms with Crippen molar-refractivity contribution in [2.75, 3.05) is 7.05 Å². The maximum absolute atomic E-state index is 12.6. The lowest BCUT2D eigenvalue weighted by molar-refractivity contribution is 0.0780. The van der Waals surface area contributed by atoms with Crippen LogP contribution in [0.1, 0.15) is 16.1 Å². The molecule has 1 amide bonds. The normalized spacial score (nSPS) is 11.2. The van der Waals surface area contributed by atoms with Crippen molar-refractivity contribution in [3.05, 3.63) is 59.0 Å². The Morgan fingerprint density at radius 1 is 1.21 bits per heavy atom. The number of rotatable bonds is 3. The van der Waals surface area contributed by atoms with Crippen molar-refractivity contribution < 1.29 is 9.42 Å². The summed E-state index contributed by atoms with van der Waals surface area (Å²) in [6, 6.07) is 9.05. The van der Waals surface area contributed by atoms with E-state index in [1.54, 1.807) is 40.9 Å². The molecule has 0 spiro atoms. The van der Waals surface area contributed by atoms with Crippen LogP contribution in [0.15, 0.2) is 47.4 Å². The van der Waals surface area contributed by atoms with Crippen molar-refractivity contribution in [3.8, 4) is 0 Å². The second-order valence-corrected chi connectivity index (χ2v) is 5.92. The summed E-state index contributed by atoms with van der Waals surface area (Å²) in [5.41, 5.74) is 3.32. The van der Waals surface area contributed by atoms with Gasteiger partial charge in [0.15, 0.2) is 0 Å². The van der Waals surface area contributed by atoms with Gasteiger partial charge in [-0.3, -0.25) is 4.79 Å². The Hall–Kier alpha value is -2.93. The molecule has 7 nitrogen and oxygen atoms in total. The molecule has 0 aliphatic rings. The molecule has 0 radical (unpaired) electrons. The smallest absolute Gasteiger partial charge is 0.274 e. The molecule has 3 heterocycles. The Morgan fingerprint density at radius 2 is 2.04 bits per heavy atom. The summed E-state index contributed by atoms with van der Waals surface area (Å²) in [7, 11) is 1.73. The first-order valence-corrected chi connectivity index (χ1v) is 7.59. The van der Waals surface area contributed by atoms with E-state index in [9.17, 15) is 4.79 Å². The number of carbonyl (C=O) groups excluding carboxylic acids is 1. The number of carbonyl (C=O) groups is 1. The number of nitrogens with zero attached hydrogens (tertiary/aromatic N) is 5. The fraction of sp³-hybridized carbons (Fsp3) is 0.125. The lowest BCUT2D eigenvalue weighted by Crippen LogP contribution is -2.26. The molecule has 3 aromatic heterocycles. The number of halogens is 1. The Morgan fingerprint density at radius 3 is 2.92 bits per heavy atom. The van der Waals surface area contributed by atoms with Crippen molar-refractivity contribution in [1.29, 1.82) is 0 Å². The van der Waals surface area contributed by atoms with Gasteiger partial charge in [-0.2, -0.15) is 0 Å². The first-order chi connectivity index (χ1) is 11.6. The van der Waals surface area contributed by atoms with Crippen LogP contribution in [-0.2, 0) is 6.54 Å². The van der Waals surface area contributed by atoms with Crippen molar-refractivity contribution in [1.82, 2.24) is 24.6 Å². The minimum atomic E-state index is -0.173. The summed E-state index contributed by atoms with van der Waals surface area (Å²) in [6.45, 7) is 0.427. The lowest BCUT2D eigenvalue weighted by atomic mass is 10.2. The van der Waals surface area contributed by atoms with E-state index in [1.807, 2.05) is 18.2 Å². The van der Waals surface area contributed by atoms with Gasteiger partial charge in [0, 0.05) is 26.0 Å². The minimum absolute atomic E-state index is 0.173. The number of aromatic nitrogens is 4. The molecule has 8 heteroatoms. The maximum Gasteiger partial charge on any atom is 0.274 e. The number of hydrogen-bond donors (Lipinski definition) is 0. The molecule has 4 aromatic rings. The summed E-state index contributed by atoms with van der Waals surface area (Å²) in [6.07, 6.45) is 3.39. The third-order valence-electron chi connectivity index (χ3n) is 3.72. The van der Waals surface area contributed by atoms with Crippen LogP contribution < -0.4 is 0 Å². The van der Waals surface area contributed by atoms with Gasteiger partial charge in [0.25, 0.3) is 5.91 Å². The number of hydrogen-bond acceptors (Lipinski definition) is 5. The second kappa shape index (κ2) is 5.61. The molecule has 24 heavy (non-hydrogen) atoms. The zero-order valence-electron chi connectivity index (χ0n) is 12.7. The van der Waals surface area contributed by atoms with Crippen LogP contribution in [0.3, 0.4) is 0 Å². The van der Waals surface area contributed by atoms with Crippen LogP contribution in [0.4, 0.5) is 0 Å². The zero-order chi connectivity index (χ0) is 16.7.